The van der Waals surface area contributed by atoms with Crippen LogP contribution in [0.25, 0.3) is 0 Å². The number of hydrogen-bond donors (Lipinski definition) is 1. The van der Waals surface area contributed by atoms with Crippen molar-refractivity contribution in [3.05, 3.63) is 67.5 Å². The molecule has 1 heterocycles. The van der Waals surface area contributed by atoms with Gasteiger partial charge in [-0.05, 0) is 62.7 Å². The van der Waals surface area contributed by atoms with E-state index in [1.807, 2.05) is 69.3 Å². The molecule has 3 rings (SSSR count). The highest BCUT2D eigenvalue weighted by Gasteiger charge is 2.36. The van der Waals surface area contributed by atoms with E-state index in [4.69, 9.17) is 4.74 Å². The smallest absolute Gasteiger partial charge is 0.410 e. The normalized spacial score (nSPS) is 19.0. The topological polar surface area (TPSA) is 49.8 Å². The number of rotatable bonds is 1. The van der Waals surface area contributed by atoms with Gasteiger partial charge in [-0.15, -0.1) is 0 Å². The van der Waals surface area contributed by atoms with Crippen LogP contribution in [0.15, 0.2) is 61.9 Å². The molecule has 0 aromatic heterocycles. The largest absolute Gasteiger partial charge is 0.444 e. The number of likely N-dealkylation sites (tertiary alicyclic amines) is 1. The lowest BCUT2D eigenvalue weighted by Crippen LogP contribution is -2.35. The van der Waals surface area contributed by atoms with Crippen LogP contribution in [0.1, 0.15) is 32.3 Å². The van der Waals surface area contributed by atoms with Gasteiger partial charge in [0.15, 0.2) is 0 Å². The maximum atomic E-state index is 12.0. The number of amides is 1. The Hall–Kier alpha value is -0.890. The van der Waals surface area contributed by atoms with Crippen LogP contribution in [-0.2, 0) is 4.74 Å². The maximum Gasteiger partial charge on any atom is 0.410 e. The van der Waals surface area contributed by atoms with Crippen LogP contribution in [0, 0.1) is 0 Å². The third kappa shape index (κ3) is 7.50. The molecule has 2 atom stereocenters. The summed E-state index contributed by atoms with van der Waals surface area (Å²) in [6.45, 7) is 6.31. The summed E-state index contributed by atoms with van der Waals surface area (Å²) in [7, 11) is 0. The van der Waals surface area contributed by atoms with Gasteiger partial charge in [0.2, 0.25) is 0 Å². The summed E-state index contributed by atoms with van der Waals surface area (Å²) in [6, 6.07) is 15.8. The van der Waals surface area contributed by atoms with Crippen molar-refractivity contribution in [2.45, 2.75) is 38.4 Å². The predicted molar refractivity (Wildman–Crippen MR) is 123 cm³/mol. The highest BCUT2D eigenvalue weighted by molar-refractivity contribution is 9.11. The zero-order valence-electron chi connectivity index (χ0n) is 16.0. The van der Waals surface area contributed by atoms with Crippen molar-refractivity contribution in [3.63, 3.8) is 0 Å². The van der Waals surface area contributed by atoms with Crippen LogP contribution in [0.2, 0.25) is 0 Å². The molecular formula is C21H24Br3NO3. The molecule has 7 heteroatoms. The van der Waals surface area contributed by atoms with E-state index in [-0.39, 0.29) is 12.0 Å². The Morgan fingerprint density at radius 1 is 0.929 bits per heavy atom. The Balaban J connectivity index is 0.000000292. The van der Waals surface area contributed by atoms with E-state index in [2.05, 4.69) is 47.8 Å². The molecule has 1 N–H and O–H groups in total. The average Bonchev–Trinajstić information content (AvgIpc) is 2.99. The van der Waals surface area contributed by atoms with Crippen LogP contribution in [0.4, 0.5) is 4.79 Å². The standard InChI is InChI=1S/C15H20BrNO3.C6H4Br2/c1-15(2,3)20-14(19)17-8-12(13(18)9-17)10-4-6-11(16)7-5-10;7-5-1-2-6(8)4-3-5/h4-7,12-13,18H,8-9H2,1-3H3;1-4H. The van der Waals surface area contributed by atoms with E-state index >= 15 is 0 Å². The monoisotopic (exact) mass is 575 g/mol. The molecule has 1 saturated heterocycles. The molecule has 1 amide bonds. The van der Waals surface area contributed by atoms with Gasteiger partial charge in [0.25, 0.3) is 0 Å². The number of aliphatic hydroxyl groups excluding tert-OH is 1. The van der Waals surface area contributed by atoms with E-state index in [9.17, 15) is 9.90 Å². The lowest BCUT2D eigenvalue weighted by atomic mass is 9.96. The summed E-state index contributed by atoms with van der Waals surface area (Å²) in [5, 5.41) is 10.2. The van der Waals surface area contributed by atoms with Crippen LogP contribution in [0.3, 0.4) is 0 Å². The Morgan fingerprint density at radius 2 is 1.36 bits per heavy atom. The molecule has 1 aliphatic heterocycles. The average molecular weight is 578 g/mol. The molecule has 2 unspecified atom stereocenters. The number of ether oxygens (including phenoxy) is 1. The summed E-state index contributed by atoms with van der Waals surface area (Å²) < 4.78 is 8.56. The lowest BCUT2D eigenvalue weighted by molar-refractivity contribution is 0.0270. The van der Waals surface area contributed by atoms with E-state index in [1.165, 1.54) is 0 Å². The fourth-order valence-corrected chi connectivity index (χ4v) is 3.52. The van der Waals surface area contributed by atoms with Crippen molar-refractivity contribution >= 4 is 53.9 Å². The summed E-state index contributed by atoms with van der Waals surface area (Å²) in [4.78, 5) is 13.6. The molecule has 2 aromatic rings. The second-order valence-electron chi connectivity index (χ2n) is 7.55. The quantitative estimate of drug-likeness (QED) is 0.429. The number of aliphatic hydroxyl groups is 1. The van der Waals surface area contributed by atoms with Crippen LogP contribution >= 0.6 is 47.8 Å². The predicted octanol–water partition coefficient (Wildman–Crippen LogP) is 6.36. The molecule has 0 saturated carbocycles. The van der Waals surface area contributed by atoms with E-state index < -0.39 is 11.7 Å². The molecule has 28 heavy (non-hydrogen) atoms. The highest BCUT2D eigenvalue weighted by Crippen LogP contribution is 2.29. The molecule has 4 nitrogen and oxygen atoms in total. The fourth-order valence-electron chi connectivity index (χ4n) is 2.73. The minimum Gasteiger partial charge on any atom is -0.444 e. The zero-order valence-corrected chi connectivity index (χ0v) is 20.8. The first-order valence-electron chi connectivity index (χ1n) is 8.87. The molecular weight excluding hydrogens is 554 g/mol. The van der Waals surface area contributed by atoms with Gasteiger partial charge in [-0.2, -0.15) is 0 Å². The van der Waals surface area contributed by atoms with E-state index in [0.717, 1.165) is 19.0 Å². The molecule has 0 bridgehead atoms. The number of benzene rings is 2. The second-order valence-corrected chi connectivity index (χ2v) is 10.3. The fraction of sp³-hybridized carbons (Fsp3) is 0.381. The first kappa shape index (κ1) is 23.4. The second kappa shape index (κ2) is 10.2. The van der Waals surface area contributed by atoms with Gasteiger partial charge in [-0.25, -0.2) is 4.79 Å². The molecule has 0 radical (unpaired) electrons. The molecule has 152 valence electrons. The SMILES string of the molecule is Brc1ccc(Br)cc1.CC(C)(C)OC(=O)N1CC(O)C(c2ccc(Br)cc2)C1. The molecule has 0 aliphatic carbocycles. The Labute approximate surface area is 191 Å². The van der Waals surface area contributed by atoms with E-state index in [0.29, 0.717) is 13.1 Å². The first-order chi connectivity index (χ1) is 13.0. The van der Waals surface area contributed by atoms with Gasteiger partial charge in [0.1, 0.15) is 5.60 Å². The summed E-state index contributed by atoms with van der Waals surface area (Å²) >= 11 is 10.0. The van der Waals surface area contributed by atoms with Gasteiger partial charge in [0, 0.05) is 25.9 Å². The maximum absolute atomic E-state index is 12.0. The number of β-amino-alcohol motifs (C(OH)–C–C–N with tert-alkyl or cyclic N) is 1. The Kier molecular flexibility index (Phi) is 8.55. The van der Waals surface area contributed by atoms with Crippen molar-refractivity contribution < 1.29 is 14.6 Å². The molecule has 1 fully saturated rings. The van der Waals surface area contributed by atoms with Crippen LogP contribution in [0.5, 0.6) is 0 Å². The summed E-state index contributed by atoms with van der Waals surface area (Å²) in [5.74, 6) is -0.0596. The number of hydrogen-bond acceptors (Lipinski definition) is 3. The zero-order chi connectivity index (χ0) is 20.9. The third-order valence-corrected chi connectivity index (χ3v) is 5.63. The van der Waals surface area contributed by atoms with Crippen LogP contribution < -0.4 is 0 Å². The highest BCUT2D eigenvalue weighted by atomic mass is 79.9. The van der Waals surface area contributed by atoms with Gasteiger partial charge in [-0.1, -0.05) is 59.9 Å². The number of nitrogens with zero attached hydrogens (tertiary/aromatic N) is 1. The summed E-state index contributed by atoms with van der Waals surface area (Å²) in [6.07, 6.45) is -0.917. The van der Waals surface area contributed by atoms with Gasteiger partial charge in [0.05, 0.1) is 12.6 Å². The van der Waals surface area contributed by atoms with Gasteiger partial charge >= 0.3 is 6.09 Å². The van der Waals surface area contributed by atoms with Crippen molar-refractivity contribution in [3.8, 4) is 0 Å². The van der Waals surface area contributed by atoms with Crippen molar-refractivity contribution in [2.24, 2.45) is 0 Å². The van der Waals surface area contributed by atoms with Crippen LogP contribution in [-0.4, -0.2) is 40.9 Å². The lowest BCUT2D eigenvalue weighted by Gasteiger charge is -2.24. The van der Waals surface area contributed by atoms with Gasteiger partial charge in [-0.3, -0.25) is 0 Å². The number of halogens is 3. The molecule has 1 aliphatic rings. The summed E-state index contributed by atoms with van der Waals surface area (Å²) in [5.41, 5.74) is 0.518. The van der Waals surface area contributed by atoms with Crippen molar-refractivity contribution in [1.29, 1.82) is 0 Å². The van der Waals surface area contributed by atoms with Crippen molar-refractivity contribution in [1.82, 2.24) is 4.90 Å². The minimum absolute atomic E-state index is 0.0596. The molecule has 2 aromatic carbocycles. The van der Waals surface area contributed by atoms with E-state index in [1.54, 1.807) is 4.90 Å². The minimum atomic E-state index is -0.552. The number of carbonyl (C=O) groups excluding carboxylic acids is 1. The Morgan fingerprint density at radius 3 is 1.79 bits per heavy atom. The number of carbonyl (C=O) groups is 1. The third-order valence-electron chi connectivity index (χ3n) is 4.04. The van der Waals surface area contributed by atoms with Gasteiger partial charge < -0.3 is 14.7 Å². The van der Waals surface area contributed by atoms with Crippen molar-refractivity contribution in [2.75, 3.05) is 13.1 Å². The molecule has 0 spiro atoms. The Bertz CT molecular complexity index is 752. The first-order valence-corrected chi connectivity index (χ1v) is 11.3.